The van der Waals surface area contributed by atoms with E-state index in [2.05, 4.69) is 4.98 Å². The molecule has 1 fully saturated rings. The Hall–Kier alpha value is -3.02. The molecule has 3 heterocycles. The molecule has 108 valence electrons. The van der Waals surface area contributed by atoms with Crippen LogP contribution in [0.3, 0.4) is 0 Å². The summed E-state index contributed by atoms with van der Waals surface area (Å²) in [6.45, 7) is 0. The number of carbonyl (C=O) groups is 2. The molecule has 22 heavy (non-hydrogen) atoms. The van der Waals surface area contributed by atoms with Gasteiger partial charge in [-0.15, -0.1) is 0 Å². The molecular formula is C16H12N3O3+. The highest BCUT2D eigenvalue weighted by molar-refractivity contribution is 6.19. The van der Waals surface area contributed by atoms with Crippen LogP contribution in [0, 0.1) is 0 Å². The van der Waals surface area contributed by atoms with Gasteiger partial charge in [0.25, 0.3) is 0 Å². The van der Waals surface area contributed by atoms with Crippen LogP contribution in [0.5, 0.6) is 0 Å². The van der Waals surface area contributed by atoms with Gasteiger partial charge in [-0.25, -0.2) is 0 Å². The van der Waals surface area contributed by atoms with Crippen LogP contribution >= 0.6 is 0 Å². The number of amides is 2. The van der Waals surface area contributed by atoms with Gasteiger partial charge in [-0.2, -0.15) is 4.57 Å². The van der Waals surface area contributed by atoms with E-state index in [9.17, 15) is 9.59 Å². The zero-order valence-electron chi connectivity index (χ0n) is 11.6. The summed E-state index contributed by atoms with van der Waals surface area (Å²) < 4.78 is 7.37. The molecule has 1 aliphatic rings. The molecule has 3 aromatic rings. The first-order chi connectivity index (χ1) is 10.7. The third-order valence-electron chi connectivity index (χ3n) is 3.63. The Morgan fingerprint density at radius 1 is 1.00 bits per heavy atom. The maximum absolute atomic E-state index is 11.7. The number of rotatable bonds is 2. The molecule has 0 bridgehead atoms. The lowest BCUT2D eigenvalue weighted by molar-refractivity contribution is -0.612. The van der Waals surface area contributed by atoms with Crippen LogP contribution < -0.4 is 9.47 Å². The van der Waals surface area contributed by atoms with E-state index in [-0.39, 0.29) is 24.7 Å². The van der Waals surface area contributed by atoms with E-state index in [1.54, 1.807) is 29.1 Å². The van der Waals surface area contributed by atoms with Gasteiger partial charge in [0.1, 0.15) is 12.4 Å². The average Bonchev–Trinajstić information content (AvgIpc) is 3.11. The van der Waals surface area contributed by atoms with Crippen molar-refractivity contribution in [1.29, 1.82) is 0 Å². The highest BCUT2D eigenvalue weighted by atomic mass is 16.4. The number of hydrogen-bond donors (Lipinski definition) is 0. The fourth-order valence-electron chi connectivity index (χ4n) is 2.53. The zero-order chi connectivity index (χ0) is 15.1. The third kappa shape index (κ3) is 1.96. The third-order valence-corrected chi connectivity index (χ3v) is 3.63. The Morgan fingerprint density at radius 2 is 1.68 bits per heavy atom. The smallest absolute Gasteiger partial charge is 0.384 e. The molecule has 1 aromatic carbocycles. The van der Waals surface area contributed by atoms with Gasteiger partial charge in [0.2, 0.25) is 17.3 Å². The maximum Gasteiger partial charge on any atom is 0.509 e. The van der Waals surface area contributed by atoms with Gasteiger partial charge in [0.15, 0.2) is 5.58 Å². The quantitative estimate of drug-likeness (QED) is 0.533. The molecular weight excluding hydrogens is 282 g/mol. The topological polar surface area (TPSA) is 67.3 Å². The number of pyridine rings is 1. The van der Waals surface area contributed by atoms with Crippen LogP contribution in [0.4, 0.5) is 5.69 Å². The van der Waals surface area contributed by atoms with Gasteiger partial charge in [-0.3, -0.25) is 14.5 Å². The zero-order valence-corrected chi connectivity index (χ0v) is 11.6. The predicted molar refractivity (Wildman–Crippen MR) is 77.3 cm³/mol. The standard InChI is InChI=1S/C16H12N3O3/c20-14-5-6-15(21)19(14)11-7-9-18(10-8-11)16-17-12-3-1-2-4-13(12)22-16/h1-4,7-10H,5-6H2/q+1. The van der Waals surface area contributed by atoms with Crippen LogP contribution in [0.25, 0.3) is 17.1 Å². The second-order valence-electron chi connectivity index (χ2n) is 5.05. The summed E-state index contributed by atoms with van der Waals surface area (Å²) in [6, 6.07) is 11.3. The number of imide groups is 1. The summed E-state index contributed by atoms with van der Waals surface area (Å²) >= 11 is 0. The molecule has 0 spiro atoms. The molecule has 2 aromatic heterocycles. The van der Waals surface area contributed by atoms with Crippen LogP contribution in [0.2, 0.25) is 0 Å². The molecule has 0 atom stereocenters. The van der Waals surface area contributed by atoms with Crippen LogP contribution in [-0.4, -0.2) is 16.8 Å². The molecule has 1 aliphatic heterocycles. The van der Waals surface area contributed by atoms with Crippen LogP contribution in [0.15, 0.2) is 53.2 Å². The highest BCUT2D eigenvalue weighted by Gasteiger charge is 2.30. The van der Waals surface area contributed by atoms with Crippen molar-refractivity contribution in [2.24, 2.45) is 0 Å². The summed E-state index contributed by atoms with van der Waals surface area (Å²) in [6.07, 6.45) is 4.00. The number of nitrogens with zero attached hydrogens (tertiary/aromatic N) is 3. The molecule has 1 saturated heterocycles. The second kappa shape index (κ2) is 4.77. The molecule has 2 amide bonds. The van der Waals surface area contributed by atoms with E-state index in [4.69, 9.17) is 4.42 Å². The molecule has 0 aliphatic carbocycles. The van der Waals surface area contributed by atoms with Gasteiger partial charge >= 0.3 is 6.01 Å². The lowest BCUT2D eigenvalue weighted by Crippen LogP contribution is -2.33. The van der Waals surface area contributed by atoms with Crippen molar-refractivity contribution in [1.82, 2.24) is 4.98 Å². The number of aromatic nitrogens is 2. The normalized spacial score (nSPS) is 15.0. The SMILES string of the molecule is O=C1CCC(=O)N1c1cc[n+](-c2nc3ccccc3o2)cc1. The first kappa shape index (κ1) is 12.7. The van der Waals surface area contributed by atoms with Crippen molar-refractivity contribution in [2.45, 2.75) is 12.8 Å². The van der Waals surface area contributed by atoms with Crippen molar-refractivity contribution in [2.75, 3.05) is 4.90 Å². The number of benzene rings is 1. The number of anilines is 1. The molecule has 0 N–H and O–H groups in total. The highest BCUT2D eigenvalue weighted by Crippen LogP contribution is 2.21. The Bertz CT molecular complexity index is 834. The van der Waals surface area contributed by atoms with Crippen LogP contribution in [0.1, 0.15) is 12.8 Å². The minimum Gasteiger partial charge on any atom is -0.384 e. The average molecular weight is 294 g/mol. The largest absolute Gasteiger partial charge is 0.509 e. The maximum atomic E-state index is 11.7. The molecule has 0 radical (unpaired) electrons. The van der Waals surface area contributed by atoms with E-state index >= 15 is 0 Å². The van der Waals surface area contributed by atoms with E-state index < -0.39 is 0 Å². The number of fused-ring (bicyclic) bond motifs is 1. The van der Waals surface area contributed by atoms with Gasteiger partial charge < -0.3 is 4.42 Å². The molecule has 0 unspecified atom stereocenters. The van der Waals surface area contributed by atoms with Crippen LogP contribution in [-0.2, 0) is 9.59 Å². The predicted octanol–water partition coefficient (Wildman–Crippen LogP) is 1.76. The number of carbonyl (C=O) groups excluding carboxylic acids is 2. The Labute approximate surface area is 125 Å². The van der Waals surface area contributed by atoms with Gasteiger partial charge in [0, 0.05) is 30.0 Å². The minimum absolute atomic E-state index is 0.162. The monoisotopic (exact) mass is 294 g/mol. The van der Waals surface area contributed by atoms with Crippen molar-refractivity contribution in [3.8, 4) is 6.01 Å². The number of hydrogen-bond acceptors (Lipinski definition) is 4. The van der Waals surface area contributed by atoms with Crippen molar-refractivity contribution < 1.29 is 18.6 Å². The lowest BCUT2D eigenvalue weighted by atomic mass is 10.3. The summed E-state index contributed by atoms with van der Waals surface area (Å²) in [7, 11) is 0. The summed E-state index contributed by atoms with van der Waals surface area (Å²) in [5.74, 6) is -0.325. The van der Waals surface area contributed by atoms with Gasteiger partial charge in [0.05, 0.1) is 5.69 Å². The molecule has 0 saturated carbocycles. The fourth-order valence-corrected chi connectivity index (χ4v) is 2.53. The second-order valence-corrected chi connectivity index (χ2v) is 5.05. The number of para-hydroxylation sites is 2. The molecule has 4 rings (SSSR count). The summed E-state index contributed by atoms with van der Waals surface area (Å²) in [4.78, 5) is 29.1. The van der Waals surface area contributed by atoms with Crippen molar-refractivity contribution in [3.63, 3.8) is 0 Å². The first-order valence-electron chi connectivity index (χ1n) is 6.95. The molecule has 6 nitrogen and oxygen atoms in total. The van der Waals surface area contributed by atoms with Gasteiger partial charge in [-0.05, 0) is 12.1 Å². The fraction of sp³-hybridized carbons (Fsp3) is 0.125. The van der Waals surface area contributed by atoms with Gasteiger partial charge in [-0.1, -0.05) is 12.1 Å². The van der Waals surface area contributed by atoms with E-state index in [0.717, 1.165) is 5.52 Å². The minimum atomic E-state index is -0.162. The number of oxazole rings is 1. The summed E-state index contributed by atoms with van der Waals surface area (Å²) in [5.41, 5.74) is 2.05. The van der Waals surface area contributed by atoms with Crippen molar-refractivity contribution in [3.05, 3.63) is 48.8 Å². The first-order valence-corrected chi connectivity index (χ1v) is 6.95. The Balaban J connectivity index is 1.69. The molecule has 6 heteroatoms. The Kier molecular flexibility index (Phi) is 2.75. The lowest BCUT2D eigenvalue weighted by Gasteiger charge is -2.12. The van der Waals surface area contributed by atoms with Crippen molar-refractivity contribution >= 4 is 28.6 Å². The van der Waals surface area contributed by atoms with E-state index in [0.29, 0.717) is 17.3 Å². The van der Waals surface area contributed by atoms with E-state index in [1.165, 1.54) is 4.90 Å². The Morgan fingerprint density at radius 3 is 2.36 bits per heavy atom. The van der Waals surface area contributed by atoms with E-state index in [1.807, 2.05) is 24.3 Å². The summed E-state index contributed by atoms with van der Waals surface area (Å²) in [5, 5.41) is 0.